The van der Waals surface area contributed by atoms with Crippen LogP contribution in [0.1, 0.15) is 0 Å². The van der Waals surface area contributed by atoms with Gasteiger partial charge in [0.15, 0.2) is 5.82 Å². The molecule has 56 heavy (non-hydrogen) atoms. The predicted octanol–water partition coefficient (Wildman–Crippen LogP) is 14.9. The molecule has 0 aliphatic rings. The van der Waals surface area contributed by atoms with E-state index in [9.17, 15) is 0 Å². The SMILES string of the molecule is c1ccc(-c2cc(-c3ccc4c(ccc5ccccc54)c3)nc(-c3cccc4oc5cc(-c6ccc7c(c6)sc6cc8ccccc8cc67)ccc5c34)n2)cc1. The summed E-state index contributed by atoms with van der Waals surface area (Å²) in [6.07, 6.45) is 0. The van der Waals surface area contributed by atoms with Gasteiger partial charge in [-0.2, -0.15) is 0 Å². The third-order valence-electron chi connectivity index (χ3n) is 11.2. The van der Waals surface area contributed by atoms with E-state index >= 15 is 0 Å². The van der Waals surface area contributed by atoms with E-state index in [0.717, 1.165) is 55.6 Å². The molecule has 0 aliphatic carbocycles. The fourth-order valence-electron chi connectivity index (χ4n) is 8.48. The molecule has 4 heteroatoms. The number of benzene rings is 9. The Bertz CT molecular complexity index is 3540. The molecular formula is C52H30N2OS. The third kappa shape index (κ3) is 4.97. The molecule has 0 N–H and O–H groups in total. The molecule has 12 aromatic rings. The van der Waals surface area contributed by atoms with Crippen LogP contribution in [0.25, 0.3) is 119 Å². The van der Waals surface area contributed by atoms with Crippen molar-refractivity contribution in [2.75, 3.05) is 0 Å². The average molecular weight is 731 g/mol. The topological polar surface area (TPSA) is 38.9 Å². The Hall–Kier alpha value is -7.14. The first kappa shape index (κ1) is 31.2. The zero-order valence-corrected chi connectivity index (χ0v) is 30.8. The average Bonchev–Trinajstić information content (AvgIpc) is 3.82. The Morgan fingerprint density at radius 1 is 0.357 bits per heavy atom. The summed E-state index contributed by atoms with van der Waals surface area (Å²) in [5.41, 5.74) is 8.73. The van der Waals surface area contributed by atoms with E-state index in [1.807, 2.05) is 29.5 Å². The number of aromatic nitrogens is 2. The summed E-state index contributed by atoms with van der Waals surface area (Å²) < 4.78 is 9.21. The Kier molecular flexibility index (Phi) is 6.80. The molecule has 0 unspecified atom stereocenters. The Balaban J connectivity index is 0.990. The highest BCUT2D eigenvalue weighted by molar-refractivity contribution is 7.25. The van der Waals surface area contributed by atoms with Crippen LogP contribution in [-0.4, -0.2) is 9.97 Å². The lowest BCUT2D eigenvalue weighted by Crippen LogP contribution is -1.96. The zero-order valence-electron chi connectivity index (χ0n) is 30.0. The maximum absolute atomic E-state index is 6.62. The van der Waals surface area contributed by atoms with Gasteiger partial charge in [-0.05, 0) is 92.0 Å². The van der Waals surface area contributed by atoms with Crippen molar-refractivity contribution in [3.8, 4) is 45.0 Å². The van der Waals surface area contributed by atoms with Crippen LogP contribution in [0.5, 0.6) is 0 Å². The monoisotopic (exact) mass is 730 g/mol. The van der Waals surface area contributed by atoms with Gasteiger partial charge in [0.1, 0.15) is 11.2 Å². The van der Waals surface area contributed by atoms with Crippen molar-refractivity contribution >= 4 is 85.8 Å². The molecule has 260 valence electrons. The van der Waals surface area contributed by atoms with Gasteiger partial charge in [0.05, 0.1) is 11.4 Å². The summed E-state index contributed by atoms with van der Waals surface area (Å²) in [6.45, 7) is 0. The van der Waals surface area contributed by atoms with Crippen molar-refractivity contribution in [2.24, 2.45) is 0 Å². The van der Waals surface area contributed by atoms with E-state index < -0.39 is 0 Å². The Labute approximate surface area is 325 Å². The first-order valence-corrected chi connectivity index (χ1v) is 19.7. The van der Waals surface area contributed by atoms with E-state index in [1.54, 1.807) is 0 Å². The molecule has 0 aliphatic heterocycles. The van der Waals surface area contributed by atoms with E-state index in [-0.39, 0.29) is 0 Å². The lowest BCUT2D eigenvalue weighted by Gasteiger charge is -2.11. The lowest BCUT2D eigenvalue weighted by molar-refractivity contribution is 0.669. The van der Waals surface area contributed by atoms with Crippen LogP contribution in [0.15, 0.2) is 186 Å². The molecule has 0 amide bonds. The van der Waals surface area contributed by atoms with Gasteiger partial charge in [-0.1, -0.05) is 133 Å². The molecule has 0 radical (unpaired) electrons. The molecule has 0 spiro atoms. The summed E-state index contributed by atoms with van der Waals surface area (Å²) in [5.74, 6) is 0.667. The summed E-state index contributed by atoms with van der Waals surface area (Å²) in [7, 11) is 0. The van der Waals surface area contributed by atoms with Gasteiger partial charge in [0, 0.05) is 47.6 Å². The number of thiophene rings is 1. The fraction of sp³-hybridized carbons (Fsp3) is 0. The number of fused-ring (bicyclic) bond motifs is 10. The van der Waals surface area contributed by atoms with Gasteiger partial charge >= 0.3 is 0 Å². The van der Waals surface area contributed by atoms with Gasteiger partial charge in [-0.25, -0.2) is 9.97 Å². The molecule has 9 aromatic carbocycles. The second kappa shape index (κ2) is 12.2. The standard InChI is InChI=1S/C52H30N2OS/c1-2-10-32(11-3-1)45-30-46(38-21-22-40-37(25-38)18-17-31-9-6-7-14-39(31)40)54-52(53-45)43-15-8-16-47-51(43)42-24-20-35(27-48(42)55-47)36-19-23-41-44-26-33-12-4-5-13-34(33)28-50(44)56-49(41)29-36/h1-30H. The number of hydrogen-bond acceptors (Lipinski definition) is 4. The summed E-state index contributed by atoms with van der Waals surface area (Å²) >= 11 is 1.85. The van der Waals surface area contributed by atoms with Crippen LogP contribution < -0.4 is 0 Å². The van der Waals surface area contributed by atoms with Crippen LogP contribution in [0.4, 0.5) is 0 Å². The fourth-order valence-corrected chi connectivity index (χ4v) is 9.65. The summed E-state index contributed by atoms with van der Waals surface area (Å²) in [5, 5.41) is 12.1. The zero-order chi connectivity index (χ0) is 36.7. The molecule has 0 fully saturated rings. The minimum atomic E-state index is 0.667. The van der Waals surface area contributed by atoms with Crippen LogP contribution in [-0.2, 0) is 0 Å². The number of rotatable bonds is 4. The predicted molar refractivity (Wildman–Crippen MR) is 236 cm³/mol. The summed E-state index contributed by atoms with van der Waals surface area (Å²) in [4.78, 5) is 10.5. The van der Waals surface area contributed by atoms with Crippen molar-refractivity contribution in [3.63, 3.8) is 0 Å². The first-order valence-electron chi connectivity index (χ1n) is 18.9. The van der Waals surface area contributed by atoms with Crippen molar-refractivity contribution in [1.82, 2.24) is 9.97 Å². The lowest BCUT2D eigenvalue weighted by atomic mass is 9.98. The van der Waals surface area contributed by atoms with Crippen LogP contribution >= 0.6 is 11.3 Å². The van der Waals surface area contributed by atoms with Crippen molar-refractivity contribution < 1.29 is 4.42 Å². The van der Waals surface area contributed by atoms with Crippen LogP contribution in [0, 0.1) is 0 Å². The molecular weight excluding hydrogens is 701 g/mol. The van der Waals surface area contributed by atoms with E-state index in [2.05, 4.69) is 164 Å². The second-order valence-electron chi connectivity index (χ2n) is 14.6. The maximum atomic E-state index is 6.62. The van der Waals surface area contributed by atoms with E-state index in [4.69, 9.17) is 14.4 Å². The van der Waals surface area contributed by atoms with Crippen molar-refractivity contribution in [2.45, 2.75) is 0 Å². The molecule has 12 rings (SSSR count). The van der Waals surface area contributed by atoms with Crippen LogP contribution in [0.2, 0.25) is 0 Å². The molecule has 3 nitrogen and oxygen atoms in total. The highest BCUT2D eigenvalue weighted by Crippen LogP contribution is 2.41. The van der Waals surface area contributed by atoms with Gasteiger partial charge < -0.3 is 4.42 Å². The minimum absolute atomic E-state index is 0.667. The van der Waals surface area contributed by atoms with E-state index in [1.165, 1.54) is 58.1 Å². The molecule has 3 heterocycles. The van der Waals surface area contributed by atoms with Crippen molar-refractivity contribution in [3.05, 3.63) is 182 Å². The molecule has 0 atom stereocenters. The van der Waals surface area contributed by atoms with Crippen LogP contribution in [0.3, 0.4) is 0 Å². The number of nitrogens with zero attached hydrogens (tertiary/aromatic N) is 2. The van der Waals surface area contributed by atoms with Gasteiger partial charge in [-0.15, -0.1) is 11.3 Å². The van der Waals surface area contributed by atoms with E-state index in [0.29, 0.717) is 5.82 Å². The van der Waals surface area contributed by atoms with Gasteiger partial charge in [0.2, 0.25) is 0 Å². The maximum Gasteiger partial charge on any atom is 0.161 e. The highest BCUT2D eigenvalue weighted by Gasteiger charge is 2.18. The molecule has 3 aromatic heterocycles. The first-order chi connectivity index (χ1) is 27.7. The highest BCUT2D eigenvalue weighted by atomic mass is 32.1. The largest absolute Gasteiger partial charge is 0.456 e. The summed E-state index contributed by atoms with van der Waals surface area (Å²) in [6, 6.07) is 64.9. The Morgan fingerprint density at radius 2 is 1.02 bits per heavy atom. The Morgan fingerprint density at radius 3 is 1.89 bits per heavy atom. The molecule has 0 saturated heterocycles. The van der Waals surface area contributed by atoms with Gasteiger partial charge in [0.25, 0.3) is 0 Å². The smallest absolute Gasteiger partial charge is 0.161 e. The molecule has 0 saturated carbocycles. The van der Waals surface area contributed by atoms with Gasteiger partial charge in [-0.3, -0.25) is 0 Å². The number of hydrogen-bond donors (Lipinski definition) is 0. The number of furan rings is 1. The minimum Gasteiger partial charge on any atom is -0.456 e. The second-order valence-corrected chi connectivity index (χ2v) is 15.6. The molecule has 0 bridgehead atoms. The quantitative estimate of drug-likeness (QED) is 0.169. The normalized spacial score (nSPS) is 11.9. The third-order valence-corrected chi connectivity index (χ3v) is 12.4. The van der Waals surface area contributed by atoms with Crippen molar-refractivity contribution in [1.29, 1.82) is 0 Å².